The number of amides is 2. The maximum absolute atomic E-state index is 15.2. The minimum absolute atomic E-state index is 0.0403. The number of fused-ring (bicyclic) bond motifs is 1. The first-order valence-electron chi connectivity index (χ1n) is 13.6. The molecule has 1 N–H and O–H groups in total. The molecule has 212 valence electrons. The third kappa shape index (κ3) is 5.68. The lowest BCUT2D eigenvalue weighted by atomic mass is 9.91. The molecule has 1 aromatic heterocycles. The van der Waals surface area contributed by atoms with Crippen LogP contribution >= 0.6 is 11.6 Å². The van der Waals surface area contributed by atoms with Gasteiger partial charge in [-0.15, -0.1) is 0 Å². The quantitative estimate of drug-likeness (QED) is 0.373. The molecule has 8 nitrogen and oxygen atoms in total. The number of Topliss-reactive ketones (excluding diaryl/α,β-unsaturated/α-hetero) is 1. The zero-order chi connectivity index (χ0) is 28.7. The van der Waals surface area contributed by atoms with E-state index in [1.165, 1.54) is 32.2 Å². The van der Waals surface area contributed by atoms with Gasteiger partial charge in [-0.1, -0.05) is 11.6 Å². The number of piperidine rings is 1. The molecule has 1 aliphatic carbocycles. The molecule has 3 aromatic rings. The molecular formula is C29H31ClF2N4O4. The number of ketones is 1. The van der Waals surface area contributed by atoms with Crippen LogP contribution in [0.4, 0.5) is 19.3 Å². The molecule has 1 aliphatic heterocycles. The van der Waals surface area contributed by atoms with Gasteiger partial charge in [0.25, 0.3) is 5.56 Å². The van der Waals surface area contributed by atoms with Gasteiger partial charge in [0.2, 0.25) is 0 Å². The zero-order valence-electron chi connectivity index (χ0n) is 22.4. The van der Waals surface area contributed by atoms with E-state index in [-0.39, 0.29) is 58.0 Å². The molecule has 0 bridgehead atoms. The van der Waals surface area contributed by atoms with Crippen molar-refractivity contribution in [3.8, 4) is 0 Å². The number of rotatable bonds is 7. The summed E-state index contributed by atoms with van der Waals surface area (Å²) >= 11 is 5.92. The number of hydrogen-bond donors (Lipinski definition) is 1. The van der Waals surface area contributed by atoms with Gasteiger partial charge in [0.05, 0.1) is 22.2 Å². The molecule has 0 radical (unpaired) electrons. The minimum atomic E-state index is -0.769. The second kappa shape index (κ2) is 11.2. The van der Waals surface area contributed by atoms with Gasteiger partial charge < -0.3 is 10.2 Å². The number of anilines is 1. The van der Waals surface area contributed by atoms with Crippen LogP contribution in [0.5, 0.6) is 0 Å². The number of likely N-dealkylation sites (tertiary alicyclic amines) is 1. The summed E-state index contributed by atoms with van der Waals surface area (Å²) in [5, 5.41) is 2.98. The summed E-state index contributed by atoms with van der Waals surface area (Å²) < 4.78 is 32.0. The number of benzene rings is 2. The van der Waals surface area contributed by atoms with Crippen LogP contribution in [0.15, 0.2) is 39.9 Å². The van der Waals surface area contributed by atoms with Crippen molar-refractivity contribution < 1.29 is 18.4 Å². The van der Waals surface area contributed by atoms with Crippen molar-refractivity contribution in [3.05, 3.63) is 73.4 Å². The van der Waals surface area contributed by atoms with Crippen LogP contribution in [-0.4, -0.2) is 38.9 Å². The fourth-order valence-electron chi connectivity index (χ4n) is 5.41. The van der Waals surface area contributed by atoms with Crippen LogP contribution in [0.25, 0.3) is 10.9 Å². The topological polar surface area (TPSA) is 93.4 Å². The van der Waals surface area contributed by atoms with Gasteiger partial charge in [-0.25, -0.2) is 18.4 Å². The second-order valence-electron chi connectivity index (χ2n) is 11.1. The highest BCUT2D eigenvalue weighted by Crippen LogP contribution is 2.30. The summed E-state index contributed by atoms with van der Waals surface area (Å²) in [5.41, 5.74) is -1.05. The van der Waals surface area contributed by atoms with E-state index in [2.05, 4.69) is 5.32 Å². The number of urea groups is 1. The monoisotopic (exact) mass is 572 g/mol. The normalized spacial score (nSPS) is 17.4. The zero-order valence-corrected chi connectivity index (χ0v) is 23.1. The Hall–Kier alpha value is -3.53. The van der Waals surface area contributed by atoms with Crippen LogP contribution in [0, 0.1) is 23.5 Å². The lowest BCUT2D eigenvalue weighted by Crippen LogP contribution is -2.43. The Kier molecular flexibility index (Phi) is 7.81. The van der Waals surface area contributed by atoms with E-state index in [0.29, 0.717) is 25.9 Å². The van der Waals surface area contributed by atoms with Gasteiger partial charge in [0.15, 0.2) is 5.78 Å². The summed E-state index contributed by atoms with van der Waals surface area (Å²) in [6.45, 7) is 4.53. The fraction of sp³-hybridized carbons (Fsp3) is 0.448. The molecule has 1 saturated heterocycles. The summed E-state index contributed by atoms with van der Waals surface area (Å²) in [6, 6.07) is 5.35. The number of hydrogen-bond acceptors (Lipinski definition) is 4. The van der Waals surface area contributed by atoms with Crippen molar-refractivity contribution in [2.24, 2.45) is 11.8 Å². The van der Waals surface area contributed by atoms with Crippen LogP contribution in [0.3, 0.4) is 0 Å². The SMILES string of the molecule is CC(C)n1c(=O)n(CC2CC2)c(=O)c2cc(NC(=O)N3CCCC(CC(=O)c4cc(Cl)ccc4F)C3)c(F)cc21. The molecule has 2 aliphatic rings. The smallest absolute Gasteiger partial charge is 0.324 e. The Labute approximate surface area is 234 Å². The van der Waals surface area contributed by atoms with E-state index in [1.54, 1.807) is 13.8 Å². The van der Waals surface area contributed by atoms with E-state index in [0.717, 1.165) is 25.0 Å². The number of nitrogens with one attached hydrogen (secondary N) is 1. The predicted octanol–water partition coefficient (Wildman–Crippen LogP) is 5.60. The molecule has 1 atom stereocenters. The summed E-state index contributed by atoms with van der Waals surface area (Å²) in [4.78, 5) is 53.7. The first-order chi connectivity index (χ1) is 19.0. The molecule has 2 amide bonds. The maximum atomic E-state index is 15.2. The van der Waals surface area contributed by atoms with Crippen molar-refractivity contribution >= 4 is 40.0 Å². The predicted molar refractivity (Wildman–Crippen MR) is 149 cm³/mol. The summed E-state index contributed by atoms with van der Waals surface area (Å²) in [6.07, 6.45) is 3.24. The Bertz CT molecular complexity index is 1610. The molecule has 1 saturated carbocycles. The van der Waals surface area contributed by atoms with Gasteiger partial charge in [-0.2, -0.15) is 0 Å². The van der Waals surface area contributed by atoms with E-state index >= 15 is 4.39 Å². The minimum Gasteiger partial charge on any atom is -0.324 e. The lowest BCUT2D eigenvalue weighted by Gasteiger charge is -2.32. The van der Waals surface area contributed by atoms with Gasteiger partial charge >= 0.3 is 11.7 Å². The number of carbonyl (C=O) groups excluding carboxylic acids is 2. The molecule has 2 aromatic carbocycles. The van der Waals surface area contributed by atoms with Crippen LogP contribution < -0.4 is 16.6 Å². The van der Waals surface area contributed by atoms with Crippen molar-refractivity contribution in [2.45, 2.75) is 58.5 Å². The third-order valence-corrected chi connectivity index (χ3v) is 7.90. The first-order valence-corrected chi connectivity index (χ1v) is 13.9. The molecule has 40 heavy (non-hydrogen) atoms. The number of carbonyl (C=O) groups is 2. The summed E-state index contributed by atoms with van der Waals surface area (Å²) in [7, 11) is 0. The number of halogens is 3. The highest BCUT2D eigenvalue weighted by atomic mass is 35.5. The van der Waals surface area contributed by atoms with Gasteiger partial charge in [0.1, 0.15) is 11.6 Å². The van der Waals surface area contributed by atoms with E-state index < -0.39 is 34.7 Å². The molecular weight excluding hydrogens is 542 g/mol. The fourth-order valence-corrected chi connectivity index (χ4v) is 5.58. The molecule has 0 spiro atoms. The first kappa shape index (κ1) is 28.0. The van der Waals surface area contributed by atoms with Crippen molar-refractivity contribution in [1.29, 1.82) is 0 Å². The Morgan fingerprint density at radius 2 is 1.80 bits per heavy atom. The Morgan fingerprint density at radius 3 is 2.50 bits per heavy atom. The van der Waals surface area contributed by atoms with Crippen LogP contribution in [0.2, 0.25) is 5.02 Å². The lowest BCUT2D eigenvalue weighted by molar-refractivity contribution is 0.0927. The highest BCUT2D eigenvalue weighted by Gasteiger charge is 2.28. The summed E-state index contributed by atoms with van der Waals surface area (Å²) in [5.74, 6) is -1.74. The van der Waals surface area contributed by atoms with Crippen LogP contribution in [-0.2, 0) is 6.54 Å². The standard InChI is InChI=1S/C29H31ClF2N4O4/c1-16(2)36-25-13-23(32)24(12-21(25)27(38)35(29(36)40)15-17-5-6-17)33-28(39)34-9-3-4-18(14-34)10-26(37)20-11-19(30)7-8-22(20)31/h7-8,11-13,16-18H,3-6,9-10,14-15H2,1-2H3,(H,33,39). The number of nitrogens with zero attached hydrogens (tertiary/aromatic N) is 3. The average molecular weight is 573 g/mol. The van der Waals surface area contributed by atoms with Crippen molar-refractivity contribution in [2.75, 3.05) is 18.4 Å². The average Bonchev–Trinajstić information content (AvgIpc) is 3.73. The number of aromatic nitrogens is 2. The van der Waals surface area contributed by atoms with E-state index in [1.807, 2.05) is 0 Å². The molecule has 2 fully saturated rings. The Morgan fingerprint density at radius 1 is 1.05 bits per heavy atom. The van der Waals surface area contributed by atoms with Gasteiger partial charge in [-0.3, -0.25) is 18.7 Å². The van der Waals surface area contributed by atoms with Crippen molar-refractivity contribution in [1.82, 2.24) is 14.0 Å². The van der Waals surface area contributed by atoms with E-state index in [9.17, 15) is 23.6 Å². The van der Waals surface area contributed by atoms with Crippen molar-refractivity contribution in [3.63, 3.8) is 0 Å². The molecule has 11 heteroatoms. The van der Waals surface area contributed by atoms with Gasteiger partial charge in [-0.05, 0) is 75.6 Å². The molecule has 1 unspecified atom stereocenters. The van der Waals surface area contributed by atoms with E-state index in [4.69, 9.17) is 11.6 Å². The maximum Gasteiger partial charge on any atom is 0.331 e. The third-order valence-electron chi connectivity index (χ3n) is 7.66. The molecule has 2 heterocycles. The van der Waals surface area contributed by atoms with Gasteiger partial charge in [0, 0.05) is 43.2 Å². The molecule has 5 rings (SSSR count). The highest BCUT2D eigenvalue weighted by molar-refractivity contribution is 6.31. The largest absolute Gasteiger partial charge is 0.331 e. The van der Waals surface area contributed by atoms with Crippen LogP contribution in [0.1, 0.15) is 62.4 Å². The second-order valence-corrected chi connectivity index (χ2v) is 11.5. The Balaban J connectivity index is 1.36.